The van der Waals surface area contributed by atoms with Gasteiger partial charge in [0.25, 0.3) is 0 Å². The summed E-state index contributed by atoms with van der Waals surface area (Å²) in [7, 11) is 0. The fourth-order valence-corrected chi connectivity index (χ4v) is 3.88. The molecule has 4 heterocycles. The Morgan fingerprint density at radius 1 is 1.13 bits per heavy atom. The summed E-state index contributed by atoms with van der Waals surface area (Å²) in [5, 5.41) is 13.8. The Hall–Kier alpha value is -4.26. The molecule has 1 atom stereocenters. The summed E-state index contributed by atoms with van der Waals surface area (Å²) in [6.07, 6.45) is 6.64. The summed E-state index contributed by atoms with van der Waals surface area (Å²) in [5.74, 6) is -2.08. The Morgan fingerprint density at radius 2 is 1.94 bits per heavy atom. The van der Waals surface area contributed by atoms with E-state index >= 15 is 0 Å². The number of nitrogens with one attached hydrogen (secondary N) is 1. The maximum Gasteiger partial charge on any atom is 0.240 e. The van der Waals surface area contributed by atoms with E-state index in [1.165, 1.54) is 4.90 Å². The summed E-state index contributed by atoms with van der Waals surface area (Å²) >= 11 is 0. The fourth-order valence-electron chi connectivity index (χ4n) is 3.88. The Labute approximate surface area is 177 Å². The number of ketones is 1. The number of carbonyl (C=O) groups excluding carboxylic acids is 2. The van der Waals surface area contributed by atoms with Crippen LogP contribution in [0.15, 0.2) is 95.1 Å². The van der Waals surface area contributed by atoms with E-state index in [4.69, 9.17) is 4.42 Å². The third-order valence-electron chi connectivity index (χ3n) is 5.33. The molecule has 1 N–H and O–H groups in total. The number of aromatic nitrogens is 2. The molecule has 1 unspecified atom stereocenters. The molecular weight excluding hydrogens is 394 g/mol. The first kappa shape index (κ1) is 18.7. The van der Waals surface area contributed by atoms with Gasteiger partial charge < -0.3 is 14.4 Å². The molecular formula is C24H17N3O4. The predicted octanol–water partition coefficient (Wildman–Crippen LogP) is 2.22. The lowest BCUT2D eigenvalue weighted by atomic mass is 9.95. The standard InChI is InChI=1S/C24H17N3O4/c28-22(19-12-17-5-1-2-6-18(17)31-19)20-21(16-7-10-25-11-8-16)27(24(30)23(20)29)14-15-4-3-9-26-13-15/h1-13,21,29H,14H2. The van der Waals surface area contributed by atoms with Crippen LogP contribution >= 0.6 is 0 Å². The molecule has 7 nitrogen and oxygen atoms in total. The highest BCUT2D eigenvalue weighted by atomic mass is 16.3. The molecule has 1 aromatic carbocycles. The second kappa shape index (κ2) is 7.53. The number of nitrogens with zero attached hydrogens (tertiary/aromatic N) is 2. The van der Waals surface area contributed by atoms with Gasteiger partial charge in [-0.15, -0.1) is 0 Å². The molecule has 0 saturated carbocycles. The van der Waals surface area contributed by atoms with Crippen LogP contribution in [0.1, 0.15) is 27.7 Å². The van der Waals surface area contributed by atoms with E-state index < -0.39 is 23.5 Å². The molecule has 0 spiro atoms. The molecule has 0 radical (unpaired) electrons. The van der Waals surface area contributed by atoms with Gasteiger partial charge in [0.1, 0.15) is 5.58 Å². The quantitative estimate of drug-likeness (QED) is 0.469. The van der Waals surface area contributed by atoms with Gasteiger partial charge in [-0.05, 0) is 41.7 Å². The van der Waals surface area contributed by atoms with Crippen LogP contribution in [-0.2, 0) is 11.3 Å². The second-order valence-corrected chi connectivity index (χ2v) is 7.25. The number of para-hydroxylation sites is 1. The van der Waals surface area contributed by atoms with Crippen molar-refractivity contribution in [3.05, 3.63) is 108 Å². The minimum Gasteiger partial charge on any atom is -0.868 e. The molecule has 0 aliphatic carbocycles. The van der Waals surface area contributed by atoms with Crippen LogP contribution in [0.4, 0.5) is 0 Å². The number of hydrogen-bond acceptors (Lipinski definition) is 5. The average molecular weight is 411 g/mol. The van der Waals surface area contributed by atoms with Gasteiger partial charge in [0.15, 0.2) is 18.2 Å². The number of H-pyrrole nitrogens is 1. The van der Waals surface area contributed by atoms with Crippen LogP contribution in [0, 0.1) is 0 Å². The largest absolute Gasteiger partial charge is 0.868 e. The Morgan fingerprint density at radius 3 is 2.68 bits per heavy atom. The first-order chi connectivity index (χ1) is 15.1. The van der Waals surface area contributed by atoms with Crippen LogP contribution in [0.2, 0.25) is 0 Å². The van der Waals surface area contributed by atoms with Gasteiger partial charge in [0, 0.05) is 35.0 Å². The van der Waals surface area contributed by atoms with Crippen molar-refractivity contribution in [2.24, 2.45) is 0 Å². The molecule has 7 heteroatoms. The van der Waals surface area contributed by atoms with Crippen molar-refractivity contribution >= 4 is 22.7 Å². The molecule has 152 valence electrons. The highest BCUT2D eigenvalue weighted by Crippen LogP contribution is 2.39. The van der Waals surface area contributed by atoms with Crippen LogP contribution in [0.3, 0.4) is 0 Å². The highest BCUT2D eigenvalue weighted by molar-refractivity contribution is 6.15. The van der Waals surface area contributed by atoms with E-state index in [1.807, 2.05) is 24.3 Å². The normalized spacial score (nSPS) is 16.3. The molecule has 31 heavy (non-hydrogen) atoms. The van der Waals surface area contributed by atoms with E-state index in [9.17, 15) is 14.7 Å². The number of amides is 1. The van der Waals surface area contributed by atoms with Crippen molar-refractivity contribution in [3.63, 3.8) is 0 Å². The summed E-state index contributed by atoms with van der Waals surface area (Å²) in [6, 6.07) is 15.0. The lowest BCUT2D eigenvalue weighted by molar-refractivity contribution is -0.378. The maximum atomic E-state index is 13.4. The van der Waals surface area contributed by atoms with E-state index in [-0.39, 0.29) is 17.9 Å². The maximum absolute atomic E-state index is 13.4. The number of Topliss-reactive ketones (excluding diaryl/α,β-unsaturated/α-hetero) is 1. The van der Waals surface area contributed by atoms with Gasteiger partial charge in [-0.3, -0.25) is 14.6 Å². The lowest BCUT2D eigenvalue weighted by Gasteiger charge is -2.27. The minimum absolute atomic E-state index is 0.0336. The summed E-state index contributed by atoms with van der Waals surface area (Å²) in [5.41, 5.74) is 1.87. The van der Waals surface area contributed by atoms with Gasteiger partial charge in [0.05, 0.1) is 12.6 Å². The number of rotatable bonds is 5. The van der Waals surface area contributed by atoms with Crippen molar-refractivity contribution in [2.45, 2.75) is 12.6 Å². The van der Waals surface area contributed by atoms with Gasteiger partial charge in [0.2, 0.25) is 11.7 Å². The molecule has 0 saturated heterocycles. The predicted molar refractivity (Wildman–Crippen MR) is 108 cm³/mol. The van der Waals surface area contributed by atoms with Gasteiger partial charge in [-0.2, -0.15) is 0 Å². The highest BCUT2D eigenvalue weighted by Gasteiger charge is 2.40. The SMILES string of the molecule is O=C(C1=C([O-])C(=O)N(Cc2ccc[nH+]c2)C1c1ccncc1)c1cc2ccccc2o1. The van der Waals surface area contributed by atoms with Crippen LogP contribution in [0.25, 0.3) is 11.0 Å². The number of furan rings is 1. The van der Waals surface area contributed by atoms with Crippen molar-refractivity contribution in [3.8, 4) is 0 Å². The Kier molecular flexibility index (Phi) is 4.55. The van der Waals surface area contributed by atoms with Crippen molar-refractivity contribution < 1.29 is 24.1 Å². The molecule has 1 aliphatic rings. The van der Waals surface area contributed by atoms with E-state index in [2.05, 4.69) is 9.97 Å². The lowest BCUT2D eigenvalue weighted by Crippen LogP contribution is -2.32. The number of aromatic amines is 1. The molecule has 0 fully saturated rings. The van der Waals surface area contributed by atoms with E-state index in [0.29, 0.717) is 11.1 Å². The van der Waals surface area contributed by atoms with Crippen molar-refractivity contribution in [2.75, 3.05) is 0 Å². The monoisotopic (exact) mass is 411 g/mol. The van der Waals surface area contributed by atoms with E-state index in [0.717, 1.165) is 10.9 Å². The number of fused-ring (bicyclic) bond motifs is 1. The fraction of sp³-hybridized carbons (Fsp3) is 0.0833. The molecule has 0 bridgehead atoms. The van der Waals surface area contributed by atoms with Gasteiger partial charge >= 0.3 is 0 Å². The number of pyridine rings is 2. The van der Waals surface area contributed by atoms with Gasteiger partial charge in [-0.1, -0.05) is 18.2 Å². The number of benzene rings is 1. The zero-order valence-corrected chi connectivity index (χ0v) is 16.3. The first-order valence-corrected chi connectivity index (χ1v) is 9.74. The Balaban J connectivity index is 1.59. The zero-order chi connectivity index (χ0) is 21.4. The zero-order valence-electron chi connectivity index (χ0n) is 16.3. The number of hydrogen-bond donors (Lipinski definition) is 0. The Bertz CT molecular complexity index is 1280. The van der Waals surface area contributed by atoms with Crippen LogP contribution < -0.4 is 10.1 Å². The second-order valence-electron chi connectivity index (χ2n) is 7.25. The first-order valence-electron chi connectivity index (χ1n) is 9.74. The molecule has 5 rings (SSSR count). The smallest absolute Gasteiger partial charge is 0.240 e. The van der Waals surface area contributed by atoms with Crippen LogP contribution in [-0.4, -0.2) is 21.6 Å². The topological polar surface area (TPSA) is 101 Å². The van der Waals surface area contributed by atoms with Crippen molar-refractivity contribution in [1.29, 1.82) is 0 Å². The third kappa shape index (κ3) is 3.26. The minimum atomic E-state index is -0.830. The summed E-state index contributed by atoms with van der Waals surface area (Å²) < 4.78 is 5.69. The summed E-state index contributed by atoms with van der Waals surface area (Å²) in [6.45, 7) is 0.172. The van der Waals surface area contributed by atoms with Crippen molar-refractivity contribution in [1.82, 2.24) is 9.88 Å². The molecule has 1 aliphatic heterocycles. The molecule has 4 aromatic rings. The number of carbonyl (C=O) groups is 2. The third-order valence-corrected chi connectivity index (χ3v) is 5.33. The average Bonchev–Trinajstić information content (AvgIpc) is 3.35. The molecule has 3 aromatic heterocycles. The van der Waals surface area contributed by atoms with E-state index in [1.54, 1.807) is 55.1 Å². The van der Waals surface area contributed by atoms with Gasteiger partial charge in [-0.25, -0.2) is 4.98 Å². The molecule has 1 amide bonds. The summed E-state index contributed by atoms with van der Waals surface area (Å²) in [4.78, 5) is 34.8. The van der Waals surface area contributed by atoms with Crippen LogP contribution in [0.5, 0.6) is 0 Å².